The van der Waals surface area contributed by atoms with E-state index in [1.54, 1.807) is 23.9 Å². The predicted octanol–water partition coefficient (Wildman–Crippen LogP) is 3.27. The van der Waals surface area contributed by atoms with E-state index in [2.05, 4.69) is 0 Å². The Morgan fingerprint density at radius 2 is 1.69 bits per heavy atom. The van der Waals surface area contributed by atoms with Crippen molar-refractivity contribution < 1.29 is 5.11 Å². The van der Waals surface area contributed by atoms with E-state index in [0.717, 1.165) is 16.3 Å². The molecule has 0 aliphatic carbocycles. The third-order valence-electron chi connectivity index (χ3n) is 2.25. The molecule has 0 fully saturated rings. The van der Waals surface area contributed by atoms with E-state index in [-0.39, 0.29) is 0 Å². The molecule has 0 radical (unpaired) electrons. The summed E-state index contributed by atoms with van der Waals surface area (Å²) in [6.07, 6.45) is 0. The summed E-state index contributed by atoms with van der Waals surface area (Å²) in [5, 5.41) is 9.16. The lowest BCUT2D eigenvalue weighted by Crippen LogP contribution is -1.88. The van der Waals surface area contributed by atoms with Crippen LogP contribution in [0.2, 0.25) is 0 Å². The zero-order chi connectivity index (χ0) is 11.4. The molecular weight excluding hydrogens is 218 g/mol. The van der Waals surface area contributed by atoms with Crippen LogP contribution in [0.25, 0.3) is 0 Å². The lowest BCUT2D eigenvalue weighted by atomic mass is 10.2. The van der Waals surface area contributed by atoms with Gasteiger partial charge in [-0.25, -0.2) is 0 Å². The molecule has 0 unspecified atom stereocenters. The van der Waals surface area contributed by atoms with Crippen LogP contribution >= 0.6 is 11.8 Å². The highest BCUT2D eigenvalue weighted by molar-refractivity contribution is 7.98. The minimum absolute atomic E-state index is 0.299. The normalized spacial score (nSPS) is 10.2. The molecule has 3 N–H and O–H groups in total. The van der Waals surface area contributed by atoms with Gasteiger partial charge in [0.1, 0.15) is 5.75 Å². The summed E-state index contributed by atoms with van der Waals surface area (Å²) in [6, 6.07) is 15.1. The highest BCUT2D eigenvalue weighted by Gasteiger charge is 1.99. The molecule has 0 aromatic heterocycles. The zero-order valence-corrected chi connectivity index (χ0v) is 9.58. The molecule has 0 aliphatic heterocycles. The standard InChI is InChI=1S/C13H13NOS/c14-12-3-1-2-4-13(12)16-9-10-5-7-11(15)8-6-10/h1-8,15H,9,14H2. The number of hydrogen-bond acceptors (Lipinski definition) is 3. The maximum absolute atomic E-state index is 9.16. The molecule has 0 saturated heterocycles. The fraction of sp³-hybridized carbons (Fsp3) is 0.0769. The van der Waals surface area contributed by atoms with Crippen molar-refractivity contribution in [3.05, 3.63) is 54.1 Å². The van der Waals surface area contributed by atoms with Crippen LogP contribution in [0.3, 0.4) is 0 Å². The molecule has 0 amide bonds. The number of phenols is 1. The first kappa shape index (κ1) is 10.9. The summed E-state index contributed by atoms with van der Waals surface area (Å²) in [5.74, 6) is 1.15. The molecular formula is C13H13NOS. The number of rotatable bonds is 3. The highest BCUT2D eigenvalue weighted by Crippen LogP contribution is 2.27. The summed E-state index contributed by atoms with van der Waals surface area (Å²) < 4.78 is 0. The van der Waals surface area contributed by atoms with Crippen LogP contribution < -0.4 is 5.73 Å². The van der Waals surface area contributed by atoms with Crippen LogP contribution in [-0.2, 0) is 5.75 Å². The molecule has 0 spiro atoms. The molecule has 0 heterocycles. The van der Waals surface area contributed by atoms with E-state index in [1.807, 2.05) is 36.4 Å². The van der Waals surface area contributed by atoms with E-state index in [0.29, 0.717) is 5.75 Å². The summed E-state index contributed by atoms with van der Waals surface area (Å²) in [7, 11) is 0. The fourth-order valence-corrected chi connectivity index (χ4v) is 2.29. The maximum Gasteiger partial charge on any atom is 0.115 e. The summed E-state index contributed by atoms with van der Waals surface area (Å²) >= 11 is 1.70. The van der Waals surface area contributed by atoms with Gasteiger partial charge in [-0.2, -0.15) is 0 Å². The molecule has 0 bridgehead atoms. The van der Waals surface area contributed by atoms with Crippen molar-refractivity contribution >= 4 is 17.4 Å². The second-order valence-corrected chi connectivity index (χ2v) is 4.51. The topological polar surface area (TPSA) is 46.2 Å². The molecule has 16 heavy (non-hydrogen) atoms. The number of anilines is 1. The molecule has 3 heteroatoms. The largest absolute Gasteiger partial charge is 0.508 e. The van der Waals surface area contributed by atoms with Crippen LogP contribution in [0, 0.1) is 0 Å². The van der Waals surface area contributed by atoms with Crippen molar-refractivity contribution in [3.63, 3.8) is 0 Å². The fourth-order valence-electron chi connectivity index (χ4n) is 1.37. The first-order valence-corrected chi connectivity index (χ1v) is 5.99. The Morgan fingerprint density at radius 3 is 2.38 bits per heavy atom. The molecule has 2 nitrogen and oxygen atoms in total. The molecule has 2 aromatic rings. The van der Waals surface area contributed by atoms with Gasteiger partial charge in [-0.3, -0.25) is 0 Å². The van der Waals surface area contributed by atoms with Gasteiger partial charge < -0.3 is 10.8 Å². The second-order valence-electron chi connectivity index (χ2n) is 3.49. The van der Waals surface area contributed by atoms with Gasteiger partial charge in [0.15, 0.2) is 0 Å². The third kappa shape index (κ3) is 2.70. The van der Waals surface area contributed by atoms with E-state index in [9.17, 15) is 0 Å². The second kappa shape index (κ2) is 4.94. The maximum atomic E-state index is 9.16. The van der Waals surface area contributed by atoms with Gasteiger partial charge >= 0.3 is 0 Å². The van der Waals surface area contributed by atoms with Gasteiger partial charge in [-0.05, 0) is 29.8 Å². The number of hydrogen-bond donors (Lipinski definition) is 2. The van der Waals surface area contributed by atoms with Crippen LogP contribution in [0.1, 0.15) is 5.56 Å². The molecule has 2 aromatic carbocycles. The number of benzene rings is 2. The SMILES string of the molecule is Nc1ccccc1SCc1ccc(O)cc1. The molecule has 0 aliphatic rings. The highest BCUT2D eigenvalue weighted by atomic mass is 32.2. The smallest absolute Gasteiger partial charge is 0.115 e. The lowest BCUT2D eigenvalue weighted by molar-refractivity contribution is 0.475. The van der Waals surface area contributed by atoms with Gasteiger partial charge in [-0.15, -0.1) is 11.8 Å². The van der Waals surface area contributed by atoms with E-state index >= 15 is 0 Å². The van der Waals surface area contributed by atoms with Crippen molar-refractivity contribution in [2.45, 2.75) is 10.6 Å². The van der Waals surface area contributed by atoms with Gasteiger partial charge in [0.05, 0.1) is 0 Å². The Balaban J connectivity index is 2.02. The Kier molecular flexibility index (Phi) is 3.37. The van der Waals surface area contributed by atoms with Crippen molar-refractivity contribution in [2.24, 2.45) is 0 Å². The minimum Gasteiger partial charge on any atom is -0.508 e. The predicted molar refractivity (Wildman–Crippen MR) is 68.5 cm³/mol. The molecule has 82 valence electrons. The number of thioether (sulfide) groups is 1. The summed E-state index contributed by atoms with van der Waals surface area (Å²) in [6.45, 7) is 0. The number of phenolic OH excluding ortho intramolecular Hbond substituents is 1. The van der Waals surface area contributed by atoms with Gasteiger partial charge in [0.2, 0.25) is 0 Å². The monoisotopic (exact) mass is 231 g/mol. The van der Waals surface area contributed by atoms with E-state index < -0.39 is 0 Å². The van der Waals surface area contributed by atoms with Crippen molar-refractivity contribution in [2.75, 3.05) is 5.73 Å². The minimum atomic E-state index is 0.299. The van der Waals surface area contributed by atoms with Crippen LogP contribution in [0.5, 0.6) is 5.75 Å². The summed E-state index contributed by atoms with van der Waals surface area (Å²) in [5.41, 5.74) is 7.83. The third-order valence-corrected chi connectivity index (χ3v) is 3.41. The van der Waals surface area contributed by atoms with E-state index in [1.165, 1.54) is 5.56 Å². The number of nitrogen functional groups attached to an aromatic ring is 1. The van der Waals surface area contributed by atoms with Gasteiger partial charge in [0.25, 0.3) is 0 Å². The van der Waals surface area contributed by atoms with Gasteiger partial charge in [0, 0.05) is 16.3 Å². The Morgan fingerprint density at radius 1 is 1.00 bits per heavy atom. The van der Waals surface area contributed by atoms with Crippen molar-refractivity contribution in [1.82, 2.24) is 0 Å². The van der Waals surface area contributed by atoms with Crippen molar-refractivity contribution in [1.29, 1.82) is 0 Å². The first-order valence-electron chi connectivity index (χ1n) is 5.01. The van der Waals surface area contributed by atoms with Crippen LogP contribution in [-0.4, -0.2) is 5.11 Å². The number of para-hydroxylation sites is 1. The number of nitrogens with two attached hydrogens (primary N) is 1. The quantitative estimate of drug-likeness (QED) is 0.629. The zero-order valence-electron chi connectivity index (χ0n) is 8.76. The lowest BCUT2D eigenvalue weighted by Gasteiger charge is -2.05. The Bertz CT molecular complexity index is 468. The Hall–Kier alpha value is -1.61. The molecule has 2 rings (SSSR count). The summed E-state index contributed by atoms with van der Waals surface area (Å²) in [4.78, 5) is 1.09. The van der Waals surface area contributed by atoms with Crippen LogP contribution in [0.15, 0.2) is 53.4 Å². The molecule has 0 atom stereocenters. The average Bonchev–Trinajstić information content (AvgIpc) is 2.30. The van der Waals surface area contributed by atoms with Crippen molar-refractivity contribution in [3.8, 4) is 5.75 Å². The average molecular weight is 231 g/mol. The first-order chi connectivity index (χ1) is 7.75. The van der Waals surface area contributed by atoms with Gasteiger partial charge in [-0.1, -0.05) is 24.3 Å². The number of aromatic hydroxyl groups is 1. The van der Waals surface area contributed by atoms with Crippen LogP contribution in [0.4, 0.5) is 5.69 Å². The Labute approximate surface area is 99.1 Å². The molecule has 0 saturated carbocycles. The van der Waals surface area contributed by atoms with E-state index in [4.69, 9.17) is 10.8 Å².